The van der Waals surface area contributed by atoms with Gasteiger partial charge in [-0.2, -0.15) is 4.31 Å². The average Bonchev–Trinajstić information content (AvgIpc) is 3.19. The van der Waals surface area contributed by atoms with Crippen LogP contribution in [0.2, 0.25) is 0 Å². The normalized spacial score (nSPS) is 15.0. The first kappa shape index (κ1) is 19.5. The molecule has 1 fully saturated rings. The highest BCUT2D eigenvalue weighted by Crippen LogP contribution is 2.22. The summed E-state index contributed by atoms with van der Waals surface area (Å²) in [6, 6.07) is 6.08. The van der Waals surface area contributed by atoms with Gasteiger partial charge in [0.25, 0.3) is 5.56 Å². The summed E-state index contributed by atoms with van der Waals surface area (Å²) in [6.45, 7) is 2.63. The third-order valence-electron chi connectivity index (χ3n) is 4.02. The van der Waals surface area contributed by atoms with E-state index < -0.39 is 10.0 Å². The van der Waals surface area contributed by atoms with Crippen LogP contribution >= 0.6 is 11.8 Å². The van der Waals surface area contributed by atoms with Gasteiger partial charge in [-0.25, -0.2) is 8.42 Å². The molecule has 1 aliphatic heterocycles. The molecule has 27 heavy (non-hydrogen) atoms. The van der Waals surface area contributed by atoms with Crippen LogP contribution in [0.1, 0.15) is 18.5 Å². The van der Waals surface area contributed by atoms with Crippen molar-refractivity contribution < 1.29 is 13.2 Å². The molecule has 144 valence electrons. The fourth-order valence-corrected chi connectivity index (χ4v) is 4.68. The second kappa shape index (κ2) is 8.19. The van der Waals surface area contributed by atoms with Gasteiger partial charge in [0.05, 0.1) is 10.6 Å². The quantitative estimate of drug-likeness (QED) is 0.682. The minimum absolute atomic E-state index is 0.0293. The van der Waals surface area contributed by atoms with E-state index in [4.69, 9.17) is 0 Å². The Morgan fingerprint density at radius 1 is 1.22 bits per heavy atom. The fourth-order valence-electron chi connectivity index (χ4n) is 2.56. The maximum Gasteiger partial charge on any atom is 0.273 e. The first-order valence-corrected chi connectivity index (χ1v) is 10.8. The van der Waals surface area contributed by atoms with Crippen LogP contribution in [0.5, 0.6) is 0 Å². The summed E-state index contributed by atoms with van der Waals surface area (Å²) < 4.78 is 26.4. The number of carbonyl (C=O) groups excluding carboxylic acids is 1. The topological polar surface area (TPSA) is 125 Å². The number of aromatic amines is 1. The number of hydrogen-bond acceptors (Lipinski definition) is 7. The van der Waals surface area contributed by atoms with Crippen LogP contribution in [0.4, 0.5) is 5.69 Å². The molecular weight excluding hydrogens is 390 g/mol. The van der Waals surface area contributed by atoms with Crippen LogP contribution in [0.15, 0.2) is 39.1 Å². The smallest absolute Gasteiger partial charge is 0.273 e. The van der Waals surface area contributed by atoms with E-state index in [1.54, 1.807) is 19.1 Å². The van der Waals surface area contributed by atoms with Gasteiger partial charge >= 0.3 is 0 Å². The fraction of sp³-hybridized carbons (Fsp3) is 0.375. The minimum atomic E-state index is -3.47. The number of nitrogens with zero attached hydrogens (tertiary/aromatic N) is 3. The lowest BCUT2D eigenvalue weighted by molar-refractivity contribution is -0.113. The molecule has 1 aromatic heterocycles. The molecule has 0 bridgehead atoms. The number of hydrogen-bond donors (Lipinski definition) is 2. The lowest BCUT2D eigenvalue weighted by Crippen LogP contribution is -2.27. The van der Waals surface area contributed by atoms with Gasteiger partial charge < -0.3 is 5.32 Å². The van der Waals surface area contributed by atoms with E-state index in [1.165, 1.54) is 16.4 Å². The zero-order chi connectivity index (χ0) is 19.4. The van der Waals surface area contributed by atoms with Crippen molar-refractivity contribution in [3.8, 4) is 0 Å². The Balaban J connectivity index is 1.58. The van der Waals surface area contributed by atoms with Gasteiger partial charge in [-0.3, -0.25) is 14.6 Å². The molecule has 2 aromatic rings. The number of aromatic nitrogens is 3. The molecule has 1 saturated heterocycles. The molecule has 1 aromatic carbocycles. The van der Waals surface area contributed by atoms with E-state index in [1.807, 2.05) is 0 Å². The van der Waals surface area contributed by atoms with E-state index in [9.17, 15) is 18.0 Å². The number of anilines is 1. The highest BCUT2D eigenvalue weighted by atomic mass is 32.2. The number of aryl methyl sites for hydroxylation is 1. The summed E-state index contributed by atoms with van der Waals surface area (Å²) in [5.74, 6) is -0.278. The second-order valence-electron chi connectivity index (χ2n) is 6.02. The molecule has 2 heterocycles. The van der Waals surface area contributed by atoms with Crippen molar-refractivity contribution in [2.75, 3.05) is 24.2 Å². The Kier molecular flexibility index (Phi) is 5.92. The van der Waals surface area contributed by atoms with E-state index in [0.29, 0.717) is 18.8 Å². The maximum atomic E-state index is 12.5. The van der Waals surface area contributed by atoms with Crippen LogP contribution in [0, 0.1) is 6.92 Å². The summed E-state index contributed by atoms with van der Waals surface area (Å²) in [6.07, 6.45) is 1.75. The number of nitrogens with one attached hydrogen (secondary N) is 2. The third kappa shape index (κ3) is 4.73. The molecule has 0 radical (unpaired) electrons. The van der Waals surface area contributed by atoms with E-state index in [0.717, 1.165) is 24.6 Å². The summed E-state index contributed by atoms with van der Waals surface area (Å²) in [5, 5.41) is 10.4. The highest BCUT2D eigenvalue weighted by Gasteiger charge is 2.26. The molecule has 2 N–H and O–H groups in total. The van der Waals surface area contributed by atoms with Gasteiger partial charge in [-0.05, 0) is 44.0 Å². The van der Waals surface area contributed by atoms with Crippen molar-refractivity contribution in [1.29, 1.82) is 0 Å². The lowest BCUT2D eigenvalue weighted by atomic mass is 10.3. The first-order valence-electron chi connectivity index (χ1n) is 8.33. The molecule has 1 amide bonds. The molecule has 1 aliphatic rings. The lowest BCUT2D eigenvalue weighted by Gasteiger charge is -2.15. The zero-order valence-corrected chi connectivity index (χ0v) is 16.3. The largest absolute Gasteiger partial charge is 0.325 e. The van der Waals surface area contributed by atoms with Crippen molar-refractivity contribution in [3.63, 3.8) is 0 Å². The number of thioether (sulfide) groups is 1. The Bertz CT molecular complexity index is 983. The Morgan fingerprint density at radius 3 is 2.52 bits per heavy atom. The van der Waals surface area contributed by atoms with Gasteiger partial charge in [0.1, 0.15) is 5.69 Å². The SMILES string of the molecule is Cc1nnc(SCC(=O)Nc2ccc(S(=O)(=O)N3CCCC3)cc2)[nH]c1=O. The summed E-state index contributed by atoms with van der Waals surface area (Å²) >= 11 is 1.05. The summed E-state index contributed by atoms with van der Waals surface area (Å²) in [7, 11) is -3.47. The van der Waals surface area contributed by atoms with Crippen LogP contribution < -0.4 is 10.9 Å². The van der Waals surface area contributed by atoms with Crippen LogP contribution in [0.25, 0.3) is 0 Å². The Morgan fingerprint density at radius 2 is 1.89 bits per heavy atom. The standard InChI is InChI=1S/C16H19N5O4S2/c1-11-15(23)18-16(20-19-11)26-10-14(22)17-12-4-6-13(7-5-12)27(24,25)21-8-2-3-9-21/h4-7H,2-3,8-10H2,1H3,(H,17,22)(H,18,20,23). The number of benzene rings is 1. The number of amides is 1. The van der Waals surface area contributed by atoms with E-state index >= 15 is 0 Å². The number of carbonyl (C=O) groups is 1. The molecule has 0 spiro atoms. The van der Waals surface area contributed by atoms with Crippen LogP contribution in [0.3, 0.4) is 0 Å². The van der Waals surface area contributed by atoms with Gasteiger partial charge in [0.15, 0.2) is 5.16 Å². The van der Waals surface area contributed by atoms with Gasteiger partial charge in [0, 0.05) is 18.8 Å². The first-order chi connectivity index (χ1) is 12.9. The maximum absolute atomic E-state index is 12.5. The second-order valence-corrected chi connectivity index (χ2v) is 8.92. The molecule has 11 heteroatoms. The van der Waals surface area contributed by atoms with E-state index in [-0.39, 0.29) is 33.0 Å². The van der Waals surface area contributed by atoms with Crippen LogP contribution in [-0.4, -0.2) is 52.7 Å². The van der Waals surface area contributed by atoms with Crippen molar-refractivity contribution in [2.24, 2.45) is 0 Å². The average molecular weight is 409 g/mol. The Labute approximate surface area is 160 Å². The van der Waals surface area contributed by atoms with Crippen molar-refractivity contribution in [2.45, 2.75) is 29.8 Å². The summed E-state index contributed by atoms with van der Waals surface area (Å²) in [4.78, 5) is 26.2. The summed E-state index contributed by atoms with van der Waals surface area (Å²) in [5.41, 5.74) is 0.403. The van der Waals surface area contributed by atoms with Gasteiger partial charge in [0.2, 0.25) is 15.9 Å². The number of H-pyrrole nitrogens is 1. The number of rotatable bonds is 6. The zero-order valence-electron chi connectivity index (χ0n) is 14.6. The predicted octanol–water partition coefficient (Wildman–Crippen LogP) is 0.989. The van der Waals surface area contributed by atoms with Crippen LogP contribution in [-0.2, 0) is 14.8 Å². The van der Waals surface area contributed by atoms with Crippen molar-refractivity contribution in [1.82, 2.24) is 19.5 Å². The third-order valence-corrected chi connectivity index (χ3v) is 6.80. The molecule has 0 atom stereocenters. The predicted molar refractivity (Wildman–Crippen MR) is 101 cm³/mol. The number of sulfonamides is 1. The molecule has 0 saturated carbocycles. The minimum Gasteiger partial charge on any atom is -0.325 e. The molecule has 0 aliphatic carbocycles. The molecular formula is C16H19N5O4S2. The molecule has 0 unspecified atom stereocenters. The molecule has 9 nitrogen and oxygen atoms in total. The van der Waals surface area contributed by atoms with Gasteiger partial charge in [-0.1, -0.05) is 11.8 Å². The van der Waals surface area contributed by atoms with Crippen molar-refractivity contribution >= 4 is 33.4 Å². The van der Waals surface area contributed by atoms with Crippen molar-refractivity contribution in [3.05, 3.63) is 40.3 Å². The Hall–Kier alpha value is -2.24. The van der Waals surface area contributed by atoms with E-state index in [2.05, 4.69) is 20.5 Å². The highest BCUT2D eigenvalue weighted by molar-refractivity contribution is 7.99. The molecule has 3 rings (SSSR count). The monoisotopic (exact) mass is 409 g/mol. The van der Waals surface area contributed by atoms with Gasteiger partial charge in [-0.15, -0.1) is 10.2 Å².